The standard InChI is InChI=1S/C13H27N/c1-13(2,3)10-11-8-6-7-9-12(11)14(4)5/h11-12H,6-10H2,1-5H3. The zero-order valence-electron chi connectivity index (χ0n) is 10.6. The second-order valence-electron chi connectivity index (χ2n) is 6.34. The maximum atomic E-state index is 2.44. The van der Waals surface area contributed by atoms with Gasteiger partial charge in [-0.25, -0.2) is 0 Å². The largest absolute Gasteiger partial charge is 0.306 e. The van der Waals surface area contributed by atoms with E-state index in [1.54, 1.807) is 0 Å². The number of rotatable bonds is 2. The summed E-state index contributed by atoms with van der Waals surface area (Å²) in [6.45, 7) is 7.11. The van der Waals surface area contributed by atoms with Crippen LogP contribution in [0.3, 0.4) is 0 Å². The molecule has 0 aromatic rings. The fourth-order valence-electron chi connectivity index (χ4n) is 2.89. The second-order valence-corrected chi connectivity index (χ2v) is 6.34. The van der Waals surface area contributed by atoms with Crippen molar-refractivity contribution in [2.75, 3.05) is 14.1 Å². The van der Waals surface area contributed by atoms with Crippen LogP contribution in [0.25, 0.3) is 0 Å². The first-order valence-corrected chi connectivity index (χ1v) is 6.06. The van der Waals surface area contributed by atoms with E-state index >= 15 is 0 Å². The molecule has 1 fully saturated rings. The van der Waals surface area contributed by atoms with Crippen LogP contribution >= 0.6 is 0 Å². The number of nitrogens with zero attached hydrogens (tertiary/aromatic N) is 1. The fraction of sp³-hybridized carbons (Fsp3) is 1.00. The minimum atomic E-state index is 0.496. The minimum Gasteiger partial charge on any atom is -0.306 e. The van der Waals surface area contributed by atoms with Crippen molar-refractivity contribution in [1.29, 1.82) is 0 Å². The Kier molecular flexibility index (Phi) is 4.00. The highest BCUT2D eigenvalue weighted by Gasteiger charge is 2.29. The van der Waals surface area contributed by atoms with Gasteiger partial charge in [-0.3, -0.25) is 0 Å². The van der Waals surface area contributed by atoms with Crippen molar-refractivity contribution < 1.29 is 0 Å². The van der Waals surface area contributed by atoms with Crippen LogP contribution in [0.2, 0.25) is 0 Å². The lowest BCUT2D eigenvalue weighted by Crippen LogP contribution is -2.39. The third-order valence-electron chi connectivity index (χ3n) is 3.41. The summed E-state index contributed by atoms with van der Waals surface area (Å²) in [6.07, 6.45) is 7.12. The molecule has 0 saturated heterocycles. The van der Waals surface area contributed by atoms with Crippen LogP contribution in [0.15, 0.2) is 0 Å². The van der Waals surface area contributed by atoms with Crippen molar-refractivity contribution in [2.45, 2.75) is 58.9 Å². The molecule has 0 aliphatic heterocycles. The molecule has 0 aromatic heterocycles. The molecule has 1 saturated carbocycles. The van der Waals surface area contributed by atoms with E-state index in [1.165, 1.54) is 32.1 Å². The normalized spacial score (nSPS) is 29.6. The van der Waals surface area contributed by atoms with E-state index in [0.717, 1.165) is 12.0 Å². The Labute approximate surface area is 89.9 Å². The highest BCUT2D eigenvalue weighted by Crippen LogP contribution is 2.35. The maximum absolute atomic E-state index is 2.44. The Morgan fingerprint density at radius 1 is 1.07 bits per heavy atom. The van der Waals surface area contributed by atoms with Crippen molar-refractivity contribution in [1.82, 2.24) is 4.90 Å². The van der Waals surface area contributed by atoms with Crippen LogP contribution < -0.4 is 0 Å². The van der Waals surface area contributed by atoms with E-state index in [1.807, 2.05) is 0 Å². The summed E-state index contributed by atoms with van der Waals surface area (Å²) in [7, 11) is 4.48. The molecule has 1 heteroatoms. The van der Waals surface area contributed by atoms with Gasteiger partial charge in [-0.2, -0.15) is 0 Å². The summed E-state index contributed by atoms with van der Waals surface area (Å²) in [5.41, 5.74) is 0.496. The first-order valence-electron chi connectivity index (χ1n) is 6.06. The van der Waals surface area contributed by atoms with Crippen molar-refractivity contribution in [3.63, 3.8) is 0 Å². The summed E-state index contributed by atoms with van der Waals surface area (Å²) in [4.78, 5) is 2.44. The molecule has 0 radical (unpaired) electrons. The molecule has 0 heterocycles. The van der Waals surface area contributed by atoms with Gasteiger partial charge in [0.15, 0.2) is 0 Å². The van der Waals surface area contributed by atoms with Crippen LogP contribution in [-0.4, -0.2) is 25.0 Å². The van der Waals surface area contributed by atoms with Crippen LogP contribution in [0, 0.1) is 11.3 Å². The first-order chi connectivity index (χ1) is 6.40. The summed E-state index contributed by atoms with van der Waals surface area (Å²) < 4.78 is 0. The molecule has 0 amide bonds. The van der Waals surface area contributed by atoms with E-state index in [2.05, 4.69) is 39.8 Å². The van der Waals surface area contributed by atoms with Crippen LogP contribution in [0.4, 0.5) is 0 Å². The van der Waals surface area contributed by atoms with E-state index < -0.39 is 0 Å². The Morgan fingerprint density at radius 3 is 2.14 bits per heavy atom. The fourth-order valence-corrected chi connectivity index (χ4v) is 2.89. The quantitative estimate of drug-likeness (QED) is 0.654. The van der Waals surface area contributed by atoms with E-state index in [-0.39, 0.29) is 0 Å². The minimum absolute atomic E-state index is 0.496. The lowest BCUT2D eigenvalue weighted by molar-refractivity contribution is 0.118. The number of hydrogen-bond acceptors (Lipinski definition) is 1. The van der Waals surface area contributed by atoms with Gasteiger partial charge in [0.05, 0.1) is 0 Å². The smallest absolute Gasteiger partial charge is 0.0118 e. The monoisotopic (exact) mass is 197 g/mol. The zero-order valence-corrected chi connectivity index (χ0v) is 10.6. The molecule has 0 bridgehead atoms. The zero-order chi connectivity index (χ0) is 10.8. The van der Waals surface area contributed by atoms with Gasteiger partial charge in [0.2, 0.25) is 0 Å². The molecule has 1 rings (SSSR count). The Balaban J connectivity index is 2.54. The van der Waals surface area contributed by atoms with Gasteiger partial charge in [0, 0.05) is 6.04 Å². The molecule has 0 spiro atoms. The second kappa shape index (κ2) is 4.65. The van der Waals surface area contributed by atoms with E-state index in [0.29, 0.717) is 5.41 Å². The van der Waals surface area contributed by atoms with Gasteiger partial charge in [-0.15, -0.1) is 0 Å². The van der Waals surface area contributed by atoms with Gasteiger partial charge < -0.3 is 4.90 Å². The van der Waals surface area contributed by atoms with Gasteiger partial charge in [0.25, 0.3) is 0 Å². The molecular formula is C13H27N. The van der Waals surface area contributed by atoms with E-state index in [4.69, 9.17) is 0 Å². The average Bonchev–Trinajstić information content (AvgIpc) is 2.01. The maximum Gasteiger partial charge on any atom is 0.0118 e. The third-order valence-corrected chi connectivity index (χ3v) is 3.41. The topological polar surface area (TPSA) is 3.24 Å². The molecule has 1 aliphatic rings. The SMILES string of the molecule is CN(C)C1CCCCC1CC(C)(C)C. The summed E-state index contributed by atoms with van der Waals surface area (Å²) in [6, 6.07) is 0.836. The average molecular weight is 197 g/mol. The Hall–Kier alpha value is -0.0400. The lowest BCUT2D eigenvalue weighted by atomic mass is 9.74. The predicted molar refractivity (Wildman–Crippen MR) is 63.5 cm³/mol. The summed E-state index contributed by atoms with van der Waals surface area (Å²) >= 11 is 0. The van der Waals surface area contributed by atoms with Gasteiger partial charge in [0.1, 0.15) is 0 Å². The highest BCUT2D eigenvalue weighted by molar-refractivity contribution is 4.83. The summed E-state index contributed by atoms with van der Waals surface area (Å²) in [5.74, 6) is 0.929. The van der Waals surface area contributed by atoms with Gasteiger partial charge in [-0.1, -0.05) is 33.6 Å². The Morgan fingerprint density at radius 2 is 1.64 bits per heavy atom. The molecular weight excluding hydrogens is 170 g/mol. The van der Waals surface area contributed by atoms with Crippen molar-refractivity contribution in [3.8, 4) is 0 Å². The molecule has 1 nitrogen and oxygen atoms in total. The molecule has 14 heavy (non-hydrogen) atoms. The van der Waals surface area contributed by atoms with Crippen molar-refractivity contribution in [2.24, 2.45) is 11.3 Å². The molecule has 0 aromatic carbocycles. The van der Waals surface area contributed by atoms with Gasteiger partial charge in [-0.05, 0) is 44.7 Å². The number of hydrogen-bond donors (Lipinski definition) is 0. The Bertz CT molecular complexity index is 167. The van der Waals surface area contributed by atoms with Crippen LogP contribution in [0.1, 0.15) is 52.9 Å². The first kappa shape index (κ1) is 12.0. The molecule has 2 unspecified atom stereocenters. The molecule has 2 atom stereocenters. The highest BCUT2D eigenvalue weighted by atomic mass is 15.1. The van der Waals surface area contributed by atoms with Crippen molar-refractivity contribution >= 4 is 0 Å². The third kappa shape index (κ3) is 3.61. The van der Waals surface area contributed by atoms with Gasteiger partial charge >= 0.3 is 0 Å². The predicted octanol–water partition coefficient (Wildman–Crippen LogP) is 3.54. The summed E-state index contributed by atoms with van der Waals surface area (Å²) in [5, 5.41) is 0. The van der Waals surface area contributed by atoms with E-state index in [9.17, 15) is 0 Å². The van der Waals surface area contributed by atoms with Crippen LogP contribution in [0.5, 0.6) is 0 Å². The van der Waals surface area contributed by atoms with Crippen LogP contribution in [-0.2, 0) is 0 Å². The lowest BCUT2D eigenvalue weighted by Gasteiger charge is -2.39. The molecule has 1 aliphatic carbocycles. The molecule has 84 valence electrons. The molecule has 0 N–H and O–H groups in total. The van der Waals surface area contributed by atoms with Crippen molar-refractivity contribution in [3.05, 3.63) is 0 Å².